The second-order valence-electron chi connectivity index (χ2n) is 11.7. The van der Waals surface area contributed by atoms with Gasteiger partial charge in [0.05, 0.1) is 0 Å². The lowest BCUT2D eigenvalue weighted by molar-refractivity contribution is 0.250. The molecule has 0 saturated carbocycles. The monoisotopic (exact) mass is 517 g/mol. The Hall–Kier alpha value is -0.0800. The topological polar surface area (TPSA) is 6.48 Å². The maximum Gasteiger partial charge on any atom is -0.00163 e. The van der Waals surface area contributed by atoms with Gasteiger partial charge in [-0.1, -0.05) is 130 Å². The van der Waals surface area contributed by atoms with Gasteiger partial charge in [0.15, 0.2) is 0 Å². The van der Waals surface area contributed by atoms with Crippen LogP contribution in [0.1, 0.15) is 168 Å². The van der Waals surface area contributed by atoms with Crippen LogP contribution in [0.25, 0.3) is 0 Å². The van der Waals surface area contributed by atoms with Crippen molar-refractivity contribution in [2.45, 2.75) is 168 Å². The van der Waals surface area contributed by atoms with Gasteiger partial charge in [0.2, 0.25) is 0 Å². The molecule has 1 heterocycles. The summed E-state index contributed by atoms with van der Waals surface area (Å²) in [4.78, 5) is 5.23. The number of unbranched alkanes of at least 4 members (excludes halogenated alkanes) is 5. The SMILES string of the molecule is C.C.C.CC(C)CCN1CCCC1.CCCCCCC(C)C.CCCCN(CCCC)CCC(C)C. The molecule has 1 saturated heterocycles. The standard InChI is InChI=1S/C13H29N.C9H19N.C9H20.3CH4/c1-5-7-10-14(11-8-6-2)12-9-13(3)4;1-9(2)5-8-10-6-3-4-7-10;1-4-5-6-7-8-9(2)3;;;/h13H,5-12H2,1-4H3;9H,3-8H2,1-2H3;9H,4-8H2,1-3H3;3*1H4. The normalized spacial score (nSPS) is 12.9. The van der Waals surface area contributed by atoms with Gasteiger partial charge in [-0.3, -0.25) is 0 Å². The average Bonchev–Trinajstić information content (AvgIpc) is 3.29. The largest absolute Gasteiger partial charge is 0.303 e. The maximum atomic E-state index is 2.65. The number of hydrogen-bond donors (Lipinski definition) is 0. The van der Waals surface area contributed by atoms with Crippen molar-refractivity contribution in [1.29, 1.82) is 0 Å². The van der Waals surface area contributed by atoms with Crippen molar-refractivity contribution in [3.63, 3.8) is 0 Å². The van der Waals surface area contributed by atoms with E-state index in [0.717, 1.165) is 17.8 Å². The highest BCUT2D eigenvalue weighted by molar-refractivity contribution is 4.66. The van der Waals surface area contributed by atoms with Crippen molar-refractivity contribution >= 4 is 0 Å². The number of likely N-dealkylation sites (tertiary alicyclic amines) is 1. The Balaban J connectivity index is -0.000000131. The van der Waals surface area contributed by atoms with Crippen LogP contribution in [0, 0.1) is 17.8 Å². The first-order chi connectivity index (χ1) is 15.8. The van der Waals surface area contributed by atoms with Crippen LogP contribution in [-0.2, 0) is 0 Å². The molecule has 0 aliphatic carbocycles. The van der Waals surface area contributed by atoms with Crippen LogP contribution in [0.5, 0.6) is 0 Å². The Morgan fingerprint density at radius 3 is 1.36 bits per heavy atom. The predicted molar refractivity (Wildman–Crippen MR) is 175 cm³/mol. The van der Waals surface area contributed by atoms with Gasteiger partial charge in [-0.25, -0.2) is 0 Å². The summed E-state index contributed by atoms with van der Waals surface area (Å²) >= 11 is 0. The lowest BCUT2D eigenvalue weighted by atomic mass is 10.1. The third kappa shape index (κ3) is 38.5. The Morgan fingerprint density at radius 2 is 0.972 bits per heavy atom. The van der Waals surface area contributed by atoms with Crippen molar-refractivity contribution in [1.82, 2.24) is 9.80 Å². The fraction of sp³-hybridized carbons (Fsp3) is 1.00. The first-order valence-electron chi connectivity index (χ1n) is 15.2. The van der Waals surface area contributed by atoms with Crippen LogP contribution in [0.15, 0.2) is 0 Å². The summed E-state index contributed by atoms with van der Waals surface area (Å²) in [7, 11) is 0. The Labute approximate surface area is 234 Å². The molecule has 0 atom stereocenters. The highest BCUT2D eigenvalue weighted by atomic mass is 15.1. The van der Waals surface area contributed by atoms with E-state index in [4.69, 9.17) is 0 Å². The molecular formula is C34H80N2. The molecular weight excluding hydrogens is 436 g/mol. The highest BCUT2D eigenvalue weighted by Crippen LogP contribution is 2.10. The minimum atomic E-state index is 0. The highest BCUT2D eigenvalue weighted by Gasteiger charge is 2.10. The molecule has 0 bridgehead atoms. The summed E-state index contributed by atoms with van der Waals surface area (Å²) in [6, 6.07) is 0. The third-order valence-electron chi connectivity index (χ3n) is 6.53. The minimum absolute atomic E-state index is 0. The van der Waals surface area contributed by atoms with Gasteiger partial charge >= 0.3 is 0 Å². The first-order valence-corrected chi connectivity index (χ1v) is 15.2. The molecule has 0 radical (unpaired) electrons. The summed E-state index contributed by atoms with van der Waals surface area (Å²) in [5.74, 6) is 2.63. The summed E-state index contributed by atoms with van der Waals surface area (Å²) in [5.41, 5.74) is 0. The van der Waals surface area contributed by atoms with Crippen LogP contribution in [0.3, 0.4) is 0 Å². The molecule has 2 heteroatoms. The summed E-state index contributed by atoms with van der Waals surface area (Å²) < 4.78 is 0. The summed E-state index contributed by atoms with van der Waals surface area (Å²) in [6.45, 7) is 28.6. The zero-order valence-electron chi connectivity index (χ0n) is 25.1. The molecule has 0 aromatic heterocycles. The van der Waals surface area contributed by atoms with Crippen LogP contribution in [0.4, 0.5) is 0 Å². The zero-order valence-corrected chi connectivity index (χ0v) is 25.1. The van der Waals surface area contributed by atoms with Gasteiger partial charge < -0.3 is 9.80 Å². The Bertz CT molecular complexity index is 337. The van der Waals surface area contributed by atoms with E-state index in [-0.39, 0.29) is 22.3 Å². The van der Waals surface area contributed by atoms with Gasteiger partial charge in [-0.05, 0) is 95.5 Å². The summed E-state index contributed by atoms with van der Waals surface area (Å²) in [5, 5.41) is 0. The van der Waals surface area contributed by atoms with E-state index in [1.54, 1.807) is 0 Å². The van der Waals surface area contributed by atoms with Crippen molar-refractivity contribution in [2.24, 2.45) is 17.8 Å². The van der Waals surface area contributed by atoms with Crippen molar-refractivity contribution < 1.29 is 0 Å². The molecule has 0 aromatic rings. The van der Waals surface area contributed by atoms with E-state index >= 15 is 0 Å². The molecule has 226 valence electrons. The Morgan fingerprint density at radius 1 is 0.528 bits per heavy atom. The zero-order chi connectivity index (χ0) is 25.3. The molecule has 0 amide bonds. The van der Waals surface area contributed by atoms with Gasteiger partial charge in [0, 0.05) is 0 Å². The Kier molecular flexibility index (Phi) is 44.4. The van der Waals surface area contributed by atoms with Crippen molar-refractivity contribution in [3.8, 4) is 0 Å². The second kappa shape index (κ2) is 34.9. The maximum absolute atomic E-state index is 2.65. The van der Waals surface area contributed by atoms with Gasteiger partial charge in [0.1, 0.15) is 0 Å². The molecule has 0 aromatic carbocycles. The molecule has 36 heavy (non-hydrogen) atoms. The second-order valence-corrected chi connectivity index (χ2v) is 11.7. The van der Waals surface area contributed by atoms with E-state index in [9.17, 15) is 0 Å². The van der Waals surface area contributed by atoms with Crippen LogP contribution in [0.2, 0.25) is 0 Å². The van der Waals surface area contributed by atoms with Crippen molar-refractivity contribution in [3.05, 3.63) is 0 Å². The van der Waals surface area contributed by atoms with Crippen LogP contribution in [-0.4, -0.2) is 49.1 Å². The molecule has 1 rings (SSSR count). The quantitative estimate of drug-likeness (QED) is 0.177. The molecule has 0 N–H and O–H groups in total. The first kappa shape index (κ1) is 45.8. The van der Waals surface area contributed by atoms with Crippen LogP contribution >= 0.6 is 0 Å². The molecule has 0 spiro atoms. The van der Waals surface area contributed by atoms with E-state index in [1.807, 2.05) is 0 Å². The smallest absolute Gasteiger partial charge is 0.00163 e. The van der Waals surface area contributed by atoms with Gasteiger partial charge in [-0.2, -0.15) is 0 Å². The molecule has 2 nitrogen and oxygen atoms in total. The molecule has 0 unspecified atom stereocenters. The molecule has 1 aliphatic heterocycles. The van der Waals surface area contributed by atoms with Crippen molar-refractivity contribution in [2.75, 3.05) is 39.3 Å². The number of nitrogens with zero attached hydrogens (tertiary/aromatic N) is 2. The third-order valence-corrected chi connectivity index (χ3v) is 6.53. The predicted octanol–water partition coefficient (Wildman–Crippen LogP) is 11.6. The lowest BCUT2D eigenvalue weighted by Gasteiger charge is -2.22. The summed E-state index contributed by atoms with van der Waals surface area (Å²) in [6.07, 6.45) is 18.0. The van der Waals surface area contributed by atoms with Crippen LogP contribution < -0.4 is 0 Å². The van der Waals surface area contributed by atoms with E-state index in [0.29, 0.717) is 0 Å². The minimum Gasteiger partial charge on any atom is -0.303 e. The fourth-order valence-corrected chi connectivity index (χ4v) is 3.97. The number of rotatable bonds is 17. The number of hydrogen-bond acceptors (Lipinski definition) is 2. The molecule has 1 fully saturated rings. The van der Waals surface area contributed by atoms with E-state index in [2.05, 4.69) is 72.1 Å². The van der Waals surface area contributed by atoms with Gasteiger partial charge in [-0.15, -0.1) is 0 Å². The van der Waals surface area contributed by atoms with Gasteiger partial charge in [0.25, 0.3) is 0 Å². The van der Waals surface area contributed by atoms with E-state index < -0.39 is 0 Å². The average molecular weight is 517 g/mol. The fourth-order valence-electron chi connectivity index (χ4n) is 3.97. The lowest BCUT2D eigenvalue weighted by Crippen LogP contribution is -2.28. The van der Waals surface area contributed by atoms with E-state index in [1.165, 1.54) is 123 Å². The molecule has 1 aliphatic rings.